The van der Waals surface area contributed by atoms with E-state index in [9.17, 15) is 9.90 Å². The first-order valence-electron chi connectivity index (χ1n) is 7.06. The van der Waals surface area contributed by atoms with Crippen LogP contribution in [0, 0.1) is 6.92 Å². The van der Waals surface area contributed by atoms with Crippen molar-refractivity contribution < 1.29 is 19.4 Å². The van der Waals surface area contributed by atoms with E-state index < -0.39 is 5.97 Å². The number of fused-ring (bicyclic) bond motifs is 1. The third-order valence-electron chi connectivity index (χ3n) is 3.51. The fourth-order valence-electron chi connectivity index (χ4n) is 2.29. The van der Waals surface area contributed by atoms with Crippen LogP contribution in [0.15, 0.2) is 42.6 Å². The SMILES string of the molecule is COc1ccc2c(C(=O)O)nc(COc3ccc(C)cc3)n2c1. The Balaban J connectivity index is 1.95. The van der Waals surface area contributed by atoms with Gasteiger partial charge in [0.05, 0.1) is 18.8 Å². The summed E-state index contributed by atoms with van der Waals surface area (Å²) in [6.07, 6.45) is 1.70. The Morgan fingerprint density at radius 3 is 2.52 bits per heavy atom. The zero-order valence-corrected chi connectivity index (χ0v) is 12.8. The molecule has 0 aliphatic carbocycles. The van der Waals surface area contributed by atoms with Crippen LogP contribution < -0.4 is 9.47 Å². The van der Waals surface area contributed by atoms with Crippen molar-refractivity contribution in [3.63, 3.8) is 0 Å². The van der Waals surface area contributed by atoms with E-state index >= 15 is 0 Å². The minimum absolute atomic E-state index is 0.00448. The molecule has 0 fully saturated rings. The molecule has 0 bridgehead atoms. The molecule has 0 unspecified atom stereocenters. The highest BCUT2D eigenvalue weighted by molar-refractivity contribution is 5.93. The van der Waals surface area contributed by atoms with Crippen molar-refractivity contribution >= 4 is 11.5 Å². The van der Waals surface area contributed by atoms with E-state index in [1.54, 1.807) is 29.8 Å². The van der Waals surface area contributed by atoms with Gasteiger partial charge in [-0.3, -0.25) is 4.40 Å². The molecule has 3 aromatic rings. The maximum Gasteiger partial charge on any atom is 0.356 e. The molecule has 0 amide bonds. The summed E-state index contributed by atoms with van der Waals surface area (Å²) in [5, 5.41) is 9.29. The molecule has 0 saturated heterocycles. The molecule has 0 aliphatic rings. The van der Waals surface area contributed by atoms with Crippen LogP contribution in [0.25, 0.3) is 5.52 Å². The van der Waals surface area contributed by atoms with Gasteiger partial charge in [-0.1, -0.05) is 17.7 Å². The molecule has 0 radical (unpaired) electrons. The average molecular weight is 312 g/mol. The Kier molecular flexibility index (Phi) is 3.89. The Labute approximate surface area is 132 Å². The average Bonchev–Trinajstić information content (AvgIpc) is 2.92. The largest absolute Gasteiger partial charge is 0.495 e. The highest BCUT2D eigenvalue weighted by Gasteiger charge is 2.17. The lowest BCUT2D eigenvalue weighted by Gasteiger charge is -2.07. The van der Waals surface area contributed by atoms with Crippen molar-refractivity contribution in [2.24, 2.45) is 0 Å². The number of methoxy groups -OCH3 is 1. The van der Waals surface area contributed by atoms with E-state index in [0.29, 0.717) is 22.8 Å². The normalized spacial score (nSPS) is 10.7. The minimum atomic E-state index is -1.07. The number of ether oxygens (including phenoxy) is 2. The predicted molar refractivity (Wildman–Crippen MR) is 84.2 cm³/mol. The van der Waals surface area contributed by atoms with Crippen LogP contribution in [0.4, 0.5) is 0 Å². The zero-order valence-electron chi connectivity index (χ0n) is 12.8. The van der Waals surface area contributed by atoms with Crippen LogP contribution in [0.2, 0.25) is 0 Å². The predicted octanol–water partition coefficient (Wildman–Crippen LogP) is 2.93. The first kappa shape index (κ1) is 14.9. The quantitative estimate of drug-likeness (QED) is 0.784. The summed E-state index contributed by atoms with van der Waals surface area (Å²) in [4.78, 5) is 15.5. The second-order valence-electron chi connectivity index (χ2n) is 5.11. The summed E-state index contributed by atoms with van der Waals surface area (Å²) >= 11 is 0. The number of hydrogen-bond acceptors (Lipinski definition) is 4. The highest BCUT2D eigenvalue weighted by Crippen LogP contribution is 2.20. The maximum atomic E-state index is 11.3. The number of carboxylic acids is 1. The number of pyridine rings is 1. The number of nitrogens with zero attached hydrogens (tertiary/aromatic N) is 2. The smallest absolute Gasteiger partial charge is 0.356 e. The lowest BCUT2D eigenvalue weighted by atomic mass is 10.2. The van der Waals surface area contributed by atoms with Gasteiger partial charge < -0.3 is 14.6 Å². The lowest BCUT2D eigenvalue weighted by molar-refractivity contribution is 0.0693. The van der Waals surface area contributed by atoms with Gasteiger partial charge in [-0.25, -0.2) is 9.78 Å². The van der Waals surface area contributed by atoms with Crippen LogP contribution in [0.5, 0.6) is 11.5 Å². The van der Waals surface area contributed by atoms with Gasteiger partial charge in [-0.05, 0) is 31.2 Å². The Bertz CT molecular complexity index is 853. The molecule has 0 spiro atoms. The van der Waals surface area contributed by atoms with Crippen LogP contribution in [-0.4, -0.2) is 27.6 Å². The van der Waals surface area contributed by atoms with E-state index in [1.807, 2.05) is 31.2 Å². The van der Waals surface area contributed by atoms with Crippen LogP contribution in [0.1, 0.15) is 21.9 Å². The molecule has 0 aliphatic heterocycles. The highest BCUT2D eigenvalue weighted by atomic mass is 16.5. The number of rotatable bonds is 5. The molecular weight excluding hydrogens is 296 g/mol. The molecule has 2 aromatic heterocycles. The van der Waals surface area contributed by atoms with Crippen molar-refractivity contribution in [1.82, 2.24) is 9.38 Å². The monoisotopic (exact) mass is 312 g/mol. The summed E-state index contributed by atoms with van der Waals surface area (Å²) in [5.74, 6) is 0.738. The first-order valence-corrected chi connectivity index (χ1v) is 7.06. The van der Waals surface area contributed by atoms with Crippen LogP contribution in [0.3, 0.4) is 0 Å². The standard InChI is InChI=1S/C17H16N2O4/c1-11-3-5-12(6-4-11)23-10-15-18-16(17(20)21)14-8-7-13(22-2)9-19(14)15/h3-9H,10H2,1-2H3,(H,20,21). The lowest BCUT2D eigenvalue weighted by Crippen LogP contribution is -2.02. The third-order valence-corrected chi connectivity index (χ3v) is 3.51. The molecular formula is C17H16N2O4. The molecule has 6 nitrogen and oxygen atoms in total. The van der Waals surface area contributed by atoms with Gasteiger partial charge in [0.2, 0.25) is 0 Å². The Hall–Kier alpha value is -3.02. The van der Waals surface area contributed by atoms with Crippen molar-refractivity contribution in [2.75, 3.05) is 7.11 Å². The van der Waals surface area contributed by atoms with Gasteiger partial charge in [0, 0.05) is 0 Å². The van der Waals surface area contributed by atoms with Crippen LogP contribution in [-0.2, 0) is 6.61 Å². The third kappa shape index (κ3) is 2.96. The van der Waals surface area contributed by atoms with E-state index in [4.69, 9.17) is 9.47 Å². The van der Waals surface area contributed by atoms with E-state index in [-0.39, 0.29) is 12.3 Å². The van der Waals surface area contributed by atoms with E-state index in [2.05, 4.69) is 4.98 Å². The summed E-state index contributed by atoms with van der Waals surface area (Å²) < 4.78 is 12.6. The van der Waals surface area contributed by atoms with Gasteiger partial charge in [-0.15, -0.1) is 0 Å². The summed E-state index contributed by atoms with van der Waals surface area (Å²) in [6.45, 7) is 2.15. The summed E-state index contributed by atoms with van der Waals surface area (Å²) in [5.41, 5.74) is 1.64. The van der Waals surface area contributed by atoms with Gasteiger partial charge in [0.1, 0.15) is 18.1 Å². The minimum Gasteiger partial charge on any atom is -0.495 e. The van der Waals surface area contributed by atoms with Gasteiger partial charge in [-0.2, -0.15) is 0 Å². The fourth-order valence-corrected chi connectivity index (χ4v) is 2.29. The molecule has 0 atom stereocenters. The number of hydrogen-bond donors (Lipinski definition) is 1. The van der Waals surface area contributed by atoms with Gasteiger partial charge in [0.25, 0.3) is 0 Å². The molecule has 6 heteroatoms. The zero-order chi connectivity index (χ0) is 16.4. The summed E-state index contributed by atoms with van der Waals surface area (Å²) in [7, 11) is 1.55. The number of carbonyl (C=O) groups is 1. The number of aromatic nitrogens is 2. The topological polar surface area (TPSA) is 73.1 Å². The Morgan fingerprint density at radius 2 is 1.87 bits per heavy atom. The second kappa shape index (κ2) is 6.00. The van der Waals surface area contributed by atoms with Gasteiger partial charge >= 0.3 is 5.97 Å². The van der Waals surface area contributed by atoms with Crippen molar-refractivity contribution in [3.05, 3.63) is 59.7 Å². The summed E-state index contributed by atoms with van der Waals surface area (Å²) in [6, 6.07) is 11.0. The number of imidazole rings is 1. The second-order valence-corrected chi connectivity index (χ2v) is 5.11. The van der Waals surface area contributed by atoms with Crippen LogP contribution >= 0.6 is 0 Å². The molecule has 2 heterocycles. The molecule has 23 heavy (non-hydrogen) atoms. The number of aryl methyl sites for hydroxylation is 1. The van der Waals surface area contributed by atoms with Gasteiger partial charge in [0.15, 0.2) is 11.5 Å². The van der Waals surface area contributed by atoms with E-state index in [0.717, 1.165) is 5.56 Å². The first-order chi connectivity index (χ1) is 11.1. The van der Waals surface area contributed by atoms with Crippen molar-refractivity contribution in [1.29, 1.82) is 0 Å². The van der Waals surface area contributed by atoms with E-state index in [1.165, 1.54) is 0 Å². The Morgan fingerprint density at radius 1 is 1.17 bits per heavy atom. The maximum absolute atomic E-state index is 11.3. The van der Waals surface area contributed by atoms with Crippen molar-refractivity contribution in [3.8, 4) is 11.5 Å². The molecule has 118 valence electrons. The number of benzene rings is 1. The molecule has 1 aromatic carbocycles. The number of carboxylic acid groups (broad SMARTS) is 1. The molecule has 3 rings (SSSR count). The molecule has 0 saturated carbocycles. The van der Waals surface area contributed by atoms with Crippen molar-refractivity contribution in [2.45, 2.75) is 13.5 Å². The fraction of sp³-hybridized carbons (Fsp3) is 0.176. The molecule has 1 N–H and O–H groups in total. The number of aromatic carboxylic acids is 1.